The molecule has 1 unspecified atom stereocenters. The summed E-state index contributed by atoms with van der Waals surface area (Å²) in [6.45, 7) is 1.58. The Balaban J connectivity index is 2.34. The van der Waals surface area contributed by atoms with Gasteiger partial charge in [0.2, 0.25) is 0 Å². The molecule has 0 aromatic carbocycles. The number of hydrogen-bond donors (Lipinski definition) is 1. The zero-order chi connectivity index (χ0) is 8.97. The van der Waals surface area contributed by atoms with Crippen LogP contribution in [0.5, 0.6) is 0 Å². The Kier molecular flexibility index (Phi) is 3.55. The number of nitrogens with one attached hydrogen (secondary N) is 1. The van der Waals surface area contributed by atoms with Crippen LogP contribution >= 0.6 is 11.3 Å². The fourth-order valence-electron chi connectivity index (χ4n) is 0.806. The molecule has 0 fully saturated rings. The molecule has 0 amide bonds. The zero-order valence-corrected chi connectivity index (χ0v) is 7.44. The number of thiazole rings is 1. The van der Waals surface area contributed by atoms with Crippen LogP contribution in [0.4, 0.5) is 8.78 Å². The van der Waals surface area contributed by atoms with Gasteiger partial charge in [0, 0.05) is 17.1 Å². The fourth-order valence-corrected chi connectivity index (χ4v) is 1.46. The Morgan fingerprint density at radius 3 is 2.92 bits per heavy atom. The number of aromatic nitrogens is 1. The van der Waals surface area contributed by atoms with Crippen LogP contribution in [0.3, 0.4) is 0 Å². The number of alkyl halides is 2. The minimum atomic E-state index is -2.29. The summed E-state index contributed by atoms with van der Waals surface area (Å²) in [7, 11) is 0. The SMILES string of the molecule is CC(NCC(F)F)c1cncs1. The maximum atomic E-state index is 11.8. The predicted octanol–water partition coefficient (Wildman–Crippen LogP) is 2.06. The van der Waals surface area contributed by atoms with E-state index in [0.717, 1.165) is 4.88 Å². The first-order valence-electron chi connectivity index (χ1n) is 3.60. The molecule has 0 bridgehead atoms. The highest BCUT2D eigenvalue weighted by Crippen LogP contribution is 2.15. The van der Waals surface area contributed by atoms with Gasteiger partial charge in [-0.2, -0.15) is 0 Å². The van der Waals surface area contributed by atoms with Crippen molar-refractivity contribution in [1.29, 1.82) is 0 Å². The van der Waals surface area contributed by atoms with Crippen LogP contribution in [0.1, 0.15) is 17.8 Å². The van der Waals surface area contributed by atoms with E-state index in [-0.39, 0.29) is 12.6 Å². The van der Waals surface area contributed by atoms with Gasteiger partial charge in [-0.1, -0.05) is 0 Å². The van der Waals surface area contributed by atoms with Crippen LogP contribution in [0.25, 0.3) is 0 Å². The molecule has 5 heteroatoms. The summed E-state index contributed by atoms with van der Waals surface area (Å²) in [5, 5.41) is 2.70. The highest BCUT2D eigenvalue weighted by molar-refractivity contribution is 7.09. The van der Waals surface area contributed by atoms with Crippen molar-refractivity contribution in [2.75, 3.05) is 6.54 Å². The quantitative estimate of drug-likeness (QED) is 0.789. The molecule has 1 rings (SSSR count). The monoisotopic (exact) mass is 192 g/mol. The molecule has 0 saturated carbocycles. The normalized spacial score (nSPS) is 13.7. The van der Waals surface area contributed by atoms with Crippen molar-refractivity contribution in [2.24, 2.45) is 0 Å². The van der Waals surface area contributed by atoms with Crippen LogP contribution in [0, 0.1) is 0 Å². The summed E-state index contributed by atoms with van der Waals surface area (Å²) in [5.74, 6) is 0. The lowest BCUT2D eigenvalue weighted by Gasteiger charge is -2.10. The first-order chi connectivity index (χ1) is 5.70. The second kappa shape index (κ2) is 4.47. The van der Waals surface area contributed by atoms with Crippen molar-refractivity contribution in [3.05, 3.63) is 16.6 Å². The largest absolute Gasteiger partial charge is 0.304 e. The Labute approximate surface area is 73.6 Å². The number of rotatable bonds is 4. The summed E-state index contributed by atoms with van der Waals surface area (Å²) < 4.78 is 23.5. The Hall–Kier alpha value is -0.550. The lowest BCUT2D eigenvalue weighted by molar-refractivity contribution is 0.142. The summed E-state index contributed by atoms with van der Waals surface area (Å²) >= 11 is 1.46. The minimum Gasteiger partial charge on any atom is -0.304 e. The van der Waals surface area contributed by atoms with Crippen molar-refractivity contribution in [3.8, 4) is 0 Å². The number of hydrogen-bond acceptors (Lipinski definition) is 3. The van der Waals surface area contributed by atoms with E-state index < -0.39 is 6.43 Å². The van der Waals surface area contributed by atoms with E-state index in [1.807, 2.05) is 6.92 Å². The summed E-state index contributed by atoms with van der Waals surface area (Å²) in [6.07, 6.45) is -0.603. The molecule has 1 atom stereocenters. The van der Waals surface area contributed by atoms with Gasteiger partial charge in [0.05, 0.1) is 12.1 Å². The molecule has 2 nitrogen and oxygen atoms in total. The standard InChI is InChI=1S/C7H10F2N2S/c1-5(11-3-7(8)9)6-2-10-4-12-6/h2,4-5,7,11H,3H2,1H3. The van der Waals surface area contributed by atoms with Gasteiger partial charge in [-0.25, -0.2) is 8.78 Å². The molecule has 0 aliphatic carbocycles. The van der Waals surface area contributed by atoms with Crippen LogP contribution in [-0.2, 0) is 0 Å². The van der Waals surface area contributed by atoms with Gasteiger partial charge in [-0.15, -0.1) is 11.3 Å². The molecule has 0 aliphatic heterocycles. The van der Waals surface area contributed by atoms with E-state index in [9.17, 15) is 8.78 Å². The van der Waals surface area contributed by atoms with Crippen LogP contribution in [-0.4, -0.2) is 18.0 Å². The fraction of sp³-hybridized carbons (Fsp3) is 0.571. The van der Waals surface area contributed by atoms with Crippen molar-refractivity contribution >= 4 is 11.3 Å². The Bertz CT molecular complexity index is 213. The maximum absolute atomic E-state index is 11.8. The van der Waals surface area contributed by atoms with E-state index in [2.05, 4.69) is 10.3 Å². The molecule has 0 spiro atoms. The average Bonchev–Trinajstić information content (AvgIpc) is 2.51. The Morgan fingerprint density at radius 2 is 2.42 bits per heavy atom. The molecule has 1 aromatic rings. The smallest absolute Gasteiger partial charge is 0.250 e. The molecule has 0 radical (unpaired) electrons. The zero-order valence-electron chi connectivity index (χ0n) is 6.63. The van der Waals surface area contributed by atoms with Crippen molar-refractivity contribution in [2.45, 2.75) is 19.4 Å². The van der Waals surface area contributed by atoms with E-state index in [1.165, 1.54) is 11.3 Å². The molecule has 1 heterocycles. The predicted molar refractivity (Wildman–Crippen MR) is 44.5 cm³/mol. The molecule has 12 heavy (non-hydrogen) atoms. The van der Waals surface area contributed by atoms with Crippen LogP contribution in [0.15, 0.2) is 11.7 Å². The summed E-state index contributed by atoms with van der Waals surface area (Å²) in [5.41, 5.74) is 1.69. The number of nitrogens with zero attached hydrogens (tertiary/aromatic N) is 1. The third kappa shape index (κ3) is 2.83. The Morgan fingerprint density at radius 1 is 1.67 bits per heavy atom. The second-order valence-corrected chi connectivity index (χ2v) is 3.34. The molecular formula is C7H10F2N2S. The van der Waals surface area contributed by atoms with Crippen molar-refractivity contribution in [1.82, 2.24) is 10.3 Å². The molecule has 1 aromatic heterocycles. The lowest BCUT2D eigenvalue weighted by atomic mass is 10.3. The molecule has 0 saturated heterocycles. The first-order valence-corrected chi connectivity index (χ1v) is 4.48. The van der Waals surface area contributed by atoms with E-state index in [0.29, 0.717) is 0 Å². The van der Waals surface area contributed by atoms with Crippen molar-refractivity contribution in [3.63, 3.8) is 0 Å². The van der Waals surface area contributed by atoms with Crippen molar-refractivity contribution < 1.29 is 8.78 Å². The molecule has 68 valence electrons. The highest BCUT2D eigenvalue weighted by atomic mass is 32.1. The van der Waals surface area contributed by atoms with E-state index in [1.54, 1.807) is 11.7 Å². The topological polar surface area (TPSA) is 24.9 Å². The third-order valence-electron chi connectivity index (χ3n) is 1.46. The van der Waals surface area contributed by atoms with E-state index >= 15 is 0 Å². The van der Waals surface area contributed by atoms with Gasteiger partial charge < -0.3 is 5.32 Å². The highest BCUT2D eigenvalue weighted by Gasteiger charge is 2.08. The molecule has 0 aliphatic rings. The lowest BCUT2D eigenvalue weighted by Crippen LogP contribution is -2.23. The van der Waals surface area contributed by atoms with E-state index in [4.69, 9.17) is 0 Å². The average molecular weight is 192 g/mol. The second-order valence-electron chi connectivity index (χ2n) is 2.42. The van der Waals surface area contributed by atoms with Gasteiger partial charge in [0.25, 0.3) is 6.43 Å². The number of halogens is 2. The molecule has 1 N–H and O–H groups in total. The van der Waals surface area contributed by atoms with Gasteiger partial charge in [0.1, 0.15) is 0 Å². The maximum Gasteiger partial charge on any atom is 0.250 e. The van der Waals surface area contributed by atoms with Crippen LogP contribution < -0.4 is 5.32 Å². The van der Waals surface area contributed by atoms with Gasteiger partial charge in [-0.3, -0.25) is 4.98 Å². The first kappa shape index (κ1) is 9.54. The van der Waals surface area contributed by atoms with Gasteiger partial charge in [-0.05, 0) is 6.92 Å². The summed E-state index contributed by atoms with van der Waals surface area (Å²) in [4.78, 5) is 4.84. The van der Waals surface area contributed by atoms with Gasteiger partial charge >= 0.3 is 0 Å². The van der Waals surface area contributed by atoms with Crippen LogP contribution in [0.2, 0.25) is 0 Å². The minimum absolute atomic E-state index is 0.0356. The third-order valence-corrected chi connectivity index (χ3v) is 2.41. The van der Waals surface area contributed by atoms with Gasteiger partial charge in [0.15, 0.2) is 0 Å². The summed E-state index contributed by atoms with van der Waals surface area (Å²) in [6, 6.07) is -0.0356. The molecular weight excluding hydrogens is 182 g/mol.